The Morgan fingerprint density at radius 3 is 1.33 bits per heavy atom. The molecule has 0 spiro atoms. The molecule has 0 saturated heterocycles. The molecule has 6 heteroatoms. The molecule has 1 amide bonds. The Kier molecular flexibility index (Phi) is 49.6. The molecular weight excluding hydrogens is 791 g/mol. The first-order chi connectivity index (χ1) is 31.5. The van der Waals surface area contributed by atoms with Gasteiger partial charge in [0.05, 0.1) is 25.2 Å². The number of esters is 1. The van der Waals surface area contributed by atoms with E-state index in [9.17, 15) is 19.8 Å². The lowest BCUT2D eigenvalue weighted by Gasteiger charge is -2.24. The minimum atomic E-state index is -0.796. The minimum absolute atomic E-state index is 0.0617. The Morgan fingerprint density at radius 1 is 0.469 bits per heavy atom. The molecule has 0 aliphatic heterocycles. The quantitative estimate of drug-likeness (QED) is 0.0245. The fraction of sp³-hybridized carbons (Fsp3) is 0.793. The normalized spacial score (nSPS) is 13.6. The highest BCUT2D eigenvalue weighted by atomic mass is 16.5. The van der Waals surface area contributed by atoms with Crippen LogP contribution in [0.1, 0.15) is 271 Å². The number of allylic oxidation sites excluding steroid dienone is 10. The molecule has 0 fully saturated rings. The molecule has 0 saturated carbocycles. The van der Waals surface area contributed by atoms with Crippen molar-refractivity contribution in [2.75, 3.05) is 6.61 Å². The molecule has 0 heterocycles. The van der Waals surface area contributed by atoms with Crippen LogP contribution in [0.4, 0.5) is 0 Å². The van der Waals surface area contributed by atoms with Crippen molar-refractivity contribution in [3.63, 3.8) is 0 Å². The van der Waals surface area contributed by atoms with Gasteiger partial charge in [-0.2, -0.15) is 0 Å². The van der Waals surface area contributed by atoms with Crippen LogP contribution in [-0.4, -0.2) is 46.9 Å². The second-order valence-corrected chi connectivity index (χ2v) is 18.7. The third kappa shape index (κ3) is 46.1. The van der Waals surface area contributed by atoms with Crippen molar-refractivity contribution in [3.8, 4) is 0 Å². The summed E-state index contributed by atoms with van der Waals surface area (Å²) in [5.74, 6) is -0.503. The molecule has 3 atom stereocenters. The van der Waals surface area contributed by atoms with Crippen molar-refractivity contribution in [2.24, 2.45) is 0 Å². The summed E-state index contributed by atoms with van der Waals surface area (Å²) in [6.45, 7) is 6.35. The topological polar surface area (TPSA) is 95.9 Å². The first kappa shape index (κ1) is 61.6. The molecule has 3 unspecified atom stereocenters. The third-order valence-electron chi connectivity index (χ3n) is 12.4. The number of aliphatic hydroxyl groups excluding tert-OH is 2. The van der Waals surface area contributed by atoms with E-state index in [1.165, 1.54) is 135 Å². The molecule has 0 aromatic rings. The monoisotopic (exact) mass is 896 g/mol. The van der Waals surface area contributed by atoms with Crippen molar-refractivity contribution in [1.82, 2.24) is 5.32 Å². The number of nitrogens with one attached hydrogen (secondary N) is 1. The number of rotatable bonds is 49. The highest BCUT2D eigenvalue weighted by Gasteiger charge is 2.24. The first-order valence-corrected chi connectivity index (χ1v) is 27.6. The van der Waals surface area contributed by atoms with Crippen LogP contribution in [0.2, 0.25) is 0 Å². The summed E-state index contributed by atoms with van der Waals surface area (Å²) in [7, 11) is 0. The zero-order valence-electron chi connectivity index (χ0n) is 42.4. The van der Waals surface area contributed by atoms with E-state index >= 15 is 0 Å². The second-order valence-electron chi connectivity index (χ2n) is 18.7. The SMILES string of the molecule is CC/C=C/C=C/C=C/C=C\CCCCCCCC(=O)OC(CCCCCCC/C=C/CCCCCCCC)CC(=O)NC(CO)C(O)CCCCCCCCCCCCCCCCC. The molecule has 0 radical (unpaired) electrons. The molecule has 0 rings (SSSR count). The third-order valence-corrected chi connectivity index (χ3v) is 12.4. The summed E-state index contributed by atoms with van der Waals surface area (Å²) in [6.07, 6.45) is 64.2. The standard InChI is InChI=1S/C58H105NO5/c1-4-7-10-13-16-19-22-25-28-31-34-37-40-43-46-49-54(64-58(63)51-48-45-42-39-36-33-30-27-24-21-18-15-12-9-6-3)52-57(62)59-55(53-60)56(61)50-47-44-41-38-35-32-29-26-23-20-17-14-11-8-5-2/h9,12,15,18,21,24-25,27-28,30,54-56,60-61H,4-8,10-11,13-14,16-17,19-20,22-23,26,29,31-53H2,1-3H3,(H,59,62)/b12-9+,18-15+,24-21+,28-25+,30-27-. The Hall–Kier alpha value is -2.44. The predicted octanol–water partition coefficient (Wildman–Crippen LogP) is 16.8. The van der Waals surface area contributed by atoms with Gasteiger partial charge < -0.3 is 20.3 Å². The maximum Gasteiger partial charge on any atom is 0.306 e. The summed E-state index contributed by atoms with van der Waals surface area (Å²) in [5.41, 5.74) is 0. The van der Waals surface area contributed by atoms with Gasteiger partial charge >= 0.3 is 5.97 Å². The van der Waals surface area contributed by atoms with Crippen LogP contribution in [0.25, 0.3) is 0 Å². The molecule has 3 N–H and O–H groups in total. The molecule has 0 aromatic heterocycles. The summed E-state index contributed by atoms with van der Waals surface area (Å²) < 4.78 is 5.94. The number of aliphatic hydroxyl groups is 2. The molecule has 0 bridgehead atoms. The summed E-state index contributed by atoms with van der Waals surface area (Å²) >= 11 is 0. The number of unbranched alkanes of at least 4 members (excludes halogenated alkanes) is 30. The highest BCUT2D eigenvalue weighted by Crippen LogP contribution is 2.18. The molecule has 0 aromatic carbocycles. The van der Waals surface area contributed by atoms with Gasteiger partial charge in [-0.25, -0.2) is 0 Å². The number of ether oxygens (including phenoxy) is 1. The van der Waals surface area contributed by atoms with E-state index in [4.69, 9.17) is 4.74 Å². The second kappa shape index (κ2) is 51.5. The number of carbonyl (C=O) groups excluding carboxylic acids is 2. The van der Waals surface area contributed by atoms with Gasteiger partial charge in [-0.3, -0.25) is 9.59 Å². The van der Waals surface area contributed by atoms with E-state index in [1.54, 1.807) is 0 Å². The van der Waals surface area contributed by atoms with E-state index < -0.39 is 18.2 Å². The van der Waals surface area contributed by atoms with E-state index in [0.717, 1.165) is 89.9 Å². The molecule has 372 valence electrons. The van der Waals surface area contributed by atoms with Gasteiger partial charge in [-0.15, -0.1) is 0 Å². The van der Waals surface area contributed by atoms with Crippen LogP contribution in [-0.2, 0) is 14.3 Å². The van der Waals surface area contributed by atoms with Crippen LogP contribution in [0.5, 0.6) is 0 Å². The van der Waals surface area contributed by atoms with Gasteiger partial charge in [0, 0.05) is 6.42 Å². The average molecular weight is 896 g/mol. The van der Waals surface area contributed by atoms with Gasteiger partial charge in [0.2, 0.25) is 5.91 Å². The minimum Gasteiger partial charge on any atom is -0.462 e. The molecular formula is C58H105NO5. The zero-order valence-corrected chi connectivity index (χ0v) is 42.4. The zero-order chi connectivity index (χ0) is 46.7. The number of hydrogen-bond donors (Lipinski definition) is 3. The van der Waals surface area contributed by atoms with E-state index in [2.05, 4.69) is 68.6 Å². The van der Waals surface area contributed by atoms with Gasteiger partial charge in [0.1, 0.15) is 6.10 Å². The average Bonchev–Trinajstić information content (AvgIpc) is 3.29. The molecule has 0 aliphatic carbocycles. The summed E-state index contributed by atoms with van der Waals surface area (Å²) in [4.78, 5) is 26.2. The molecule has 6 nitrogen and oxygen atoms in total. The molecule has 64 heavy (non-hydrogen) atoms. The Morgan fingerprint density at radius 2 is 0.859 bits per heavy atom. The van der Waals surface area contributed by atoms with Crippen LogP contribution in [0.15, 0.2) is 60.8 Å². The van der Waals surface area contributed by atoms with Crippen molar-refractivity contribution < 1.29 is 24.5 Å². The lowest BCUT2D eigenvalue weighted by Crippen LogP contribution is -2.46. The van der Waals surface area contributed by atoms with Crippen molar-refractivity contribution in [2.45, 2.75) is 289 Å². The first-order valence-electron chi connectivity index (χ1n) is 27.6. The van der Waals surface area contributed by atoms with E-state index in [1.807, 2.05) is 18.2 Å². The van der Waals surface area contributed by atoms with Gasteiger partial charge in [0.25, 0.3) is 0 Å². The van der Waals surface area contributed by atoms with Crippen molar-refractivity contribution >= 4 is 11.9 Å². The summed E-state index contributed by atoms with van der Waals surface area (Å²) in [6, 6.07) is -0.711. The van der Waals surface area contributed by atoms with Crippen LogP contribution < -0.4 is 5.32 Å². The number of hydrogen-bond acceptors (Lipinski definition) is 5. The van der Waals surface area contributed by atoms with Crippen LogP contribution in [0, 0.1) is 0 Å². The Labute approximate surface area is 397 Å². The fourth-order valence-electron chi connectivity index (χ4n) is 8.26. The van der Waals surface area contributed by atoms with Crippen LogP contribution >= 0.6 is 0 Å². The summed E-state index contributed by atoms with van der Waals surface area (Å²) in [5, 5.41) is 23.8. The lowest BCUT2D eigenvalue weighted by atomic mass is 10.0. The van der Waals surface area contributed by atoms with Gasteiger partial charge in [-0.05, 0) is 70.6 Å². The number of amides is 1. The fourth-order valence-corrected chi connectivity index (χ4v) is 8.26. The van der Waals surface area contributed by atoms with E-state index in [0.29, 0.717) is 19.3 Å². The highest BCUT2D eigenvalue weighted by molar-refractivity contribution is 5.77. The predicted molar refractivity (Wildman–Crippen MR) is 278 cm³/mol. The lowest BCUT2D eigenvalue weighted by molar-refractivity contribution is -0.151. The Bertz CT molecular complexity index is 1140. The van der Waals surface area contributed by atoms with Gasteiger partial charge in [0.15, 0.2) is 0 Å². The maximum atomic E-state index is 13.2. The smallest absolute Gasteiger partial charge is 0.306 e. The maximum absolute atomic E-state index is 13.2. The van der Waals surface area contributed by atoms with Crippen molar-refractivity contribution in [1.29, 1.82) is 0 Å². The van der Waals surface area contributed by atoms with Crippen LogP contribution in [0.3, 0.4) is 0 Å². The van der Waals surface area contributed by atoms with E-state index in [-0.39, 0.29) is 24.9 Å². The van der Waals surface area contributed by atoms with Crippen molar-refractivity contribution in [3.05, 3.63) is 60.8 Å². The molecule has 0 aliphatic rings. The number of carbonyl (C=O) groups is 2. The Balaban J connectivity index is 4.61. The van der Waals surface area contributed by atoms with Gasteiger partial charge in [-0.1, -0.05) is 248 Å². The largest absolute Gasteiger partial charge is 0.462 e.